The molecule has 1 unspecified atom stereocenters. The van der Waals surface area contributed by atoms with Crippen LogP contribution in [0.15, 0.2) is 66.9 Å². The van der Waals surface area contributed by atoms with Gasteiger partial charge in [0.2, 0.25) is 0 Å². The Balaban J connectivity index is 1.49. The van der Waals surface area contributed by atoms with Gasteiger partial charge in [-0.05, 0) is 80.3 Å². The fourth-order valence-corrected chi connectivity index (χ4v) is 3.79. The first-order valence-electron chi connectivity index (χ1n) is 11.7. The third-order valence-corrected chi connectivity index (χ3v) is 5.70. The smallest absolute Gasteiger partial charge is 0.253 e. The largest absolute Gasteiger partial charge is 0.355 e. The molecule has 4 rings (SSSR count). The van der Waals surface area contributed by atoms with Crippen LogP contribution in [0, 0.1) is 5.92 Å². The summed E-state index contributed by atoms with van der Waals surface area (Å²) >= 11 is 0. The lowest BCUT2D eigenvalue weighted by Crippen LogP contribution is -2.33. The average Bonchev–Trinajstić information content (AvgIpc) is 3.24. The van der Waals surface area contributed by atoms with E-state index in [1.54, 1.807) is 6.20 Å². The van der Waals surface area contributed by atoms with Crippen molar-refractivity contribution in [2.45, 2.75) is 39.7 Å². The van der Waals surface area contributed by atoms with Crippen LogP contribution < -0.4 is 10.6 Å². The minimum absolute atomic E-state index is 0.0658. The summed E-state index contributed by atoms with van der Waals surface area (Å²) in [6, 6.07) is 19.5. The number of nitrogens with zero attached hydrogens (tertiary/aromatic N) is 2. The first-order valence-corrected chi connectivity index (χ1v) is 11.7. The highest BCUT2D eigenvalue weighted by atomic mass is 16.1. The van der Waals surface area contributed by atoms with Crippen LogP contribution in [-0.4, -0.2) is 27.1 Å². The molecule has 0 aliphatic heterocycles. The number of para-hydroxylation sites is 1. The Morgan fingerprint density at radius 1 is 1.00 bits per heavy atom. The number of benzene rings is 2. The average molecular weight is 454 g/mol. The van der Waals surface area contributed by atoms with Crippen LogP contribution >= 0.6 is 0 Å². The number of hydrogen-bond donors (Lipinski definition) is 3. The number of anilines is 2. The molecule has 0 aliphatic carbocycles. The molecular weight excluding hydrogens is 422 g/mol. The number of carbonyl (C=O) groups is 1. The normalized spacial score (nSPS) is 12.4. The number of nitrogens with one attached hydrogen (secondary N) is 3. The molecule has 0 spiro atoms. The molecule has 1 atom stereocenters. The summed E-state index contributed by atoms with van der Waals surface area (Å²) in [5, 5.41) is 15.1. The molecule has 2 heterocycles. The van der Waals surface area contributed by atoms with E-state index < -0.39 is 0 Å². The molecule has 6 nitrogen and oxygen atoms in total. The minimum atomic E-state index is -0.0658. The van der Waals surface area contributed by atoms with Crippen LogP contribution in [0.5, 0.6) is 0 Å². The van der Waals surface area contributed by atoms with Gasteiger partial charge in [-0.2, -0.15) is 5.10 Å². The fraction of sp³-hybridized carbons (Fsp3) is 0.250. The maximum atomic E-state index is 12.9. The molecule has 2 aromatic carbocycles. The molecular formula is C28H31N5O. The van der Waals surface area contributed by atoms with E-state index in [0.29, 0.717) is 11.5 Å². The van der Waals surface area contributed by atoms with Crippen LogP contribution in [-0.2, 0) is 0 Å². The van der Waals surface area contributed by atoms with Gasteiger partial charge in [0.15, 0.2) is 0 Å². The van der Waals surface area contributed by atoms with E-state index in [2.05, 4.69) is 46.6 Å². The Kier molecular flexibility index (Phi) is 7.38. The number of hydrogen-bond acceptors (Lipinski definition) is 4. The molecule has 0 saturated carbocycles. The van der Waals surface area contributed by atoms with Crippen LogP contribution in [0.3, 0.4) is 0 Å². The van der Waals surface area contributed by atoms with E-state index in [1.807, 2.05) is 72.8 Å². The van der Waals surface area contributed by atoms with Crippen LogP contribution in [0.1, 0.15) is 55.4 Å². The van der Waals surface area contributed by atoms with Crippen LogP contribution in [0.25, 0.3) is 23.1 Å². The fourth-order valence-electron chi connectivity index (χ4n) is 3.79. The summed E-state index contributed by atoms with van der Waals surface area (Å²) in [7, 11) is 0. The van der Waals surface area contributed by atoms with Crippen molar-refractivity contribution in [3.63, 3.8) is 0 Å². The van der Waals surface area contributed by atoms with Gasteiger partial charge in [0.25, 0.3) is 5.91 Å². The molecule has 0 saturated heterocycles. The van der Waals surface area contributed by atoms with Gasteiger partial charge < -0.3 is 10.6 Å². The number of H-pyrrole nitrogens is 1. The van der Waals surface area contributed by atoms with Crippen molar-refractivity contribution in [3.8, 4) is 0 Å². The molecule has 0 radical (unpaired) electrons. The van der Waals surface area contributed by atoms with E-state index in [1.165, 1.54) is 0 Å². The standard InChI is InChI=1S/C28H31N5O/c1-19(2)11-12-20(3)30-28(34)24-9-4-5-10-25(24)31-22-13-15-23-26(32-33-27(23)18-22)16-14-21-8-6-7-17-29-21/h4-10,13-20,31H,11-12H2,1-3H3,(H,30,34)(H,32,33)/b16-14+. The van der Waals surface area contributed by atoms with Gasteiger partial charge in [0.05, 0.1) is 28.2 Å². The van der Waals surface area contributed by atoms with Crippen molar-refractivity contribution in [2.75, 3.05) is 5.32 Å². The van der Waals surface area contributed by atoms with E-state index in [4.69, 9.17) is 0 Å². The van der Waals surface area contributed by atoms with E-state index in [9.17, 15) is 4.79 Å². The van der Waals surface area contributed by atoms with Crippen LogP contribution in [0.4, 0.5) is 11.4 Å². The summed E-state index contributed by atoms with van der Waals surface area (Å²) < 4.78 is 0. The number of carbonyl (C=O) groups excluding carboxylic acids is 1. The summed E-state index contributed by atoms with van der Waals surface area (Å²) in [6.45, 7) is 6.45. The van der Waals surface area contributed by atoms with Crippen molar-refractivity contribution < 1.29 is 4.79 Å². The topological polar surface area (TPSA) is 82.7 Å². The Morgan fingerprint density at radius 2 is 1.82 bits per heavy atom. The number of fused-ring (bicyclic) bond motifs is 1. The maximum absolute atomic E-state index is 12.9. The zero-order valence-electron chi connectivity index (χ0n) is 19.9. The van der Waals surface area contributed by atoms with Crippen molar-refractivity contribution in [2.24, 2.45) is 5.92 Å². The van der Waals surface area contributed by atoms with Crippen molar-refractivity contribution in [1.82, 2.24) is 20.5 Å². The summed E-state index contributed by atoms with van der Waals surface area (Å²) in [4.78, 5) is 17.2. The molecule has 0 bridgehead atoms. The Hall–Kier alpha value is -3.93. The number of amides is 1. The first kappa shape index (κ1) is 23.2. The van der Waals surface area contributed by atoms with Crippen molar-refractivity contribution in [3.05, 3.63) is 83.8 Å². The van der Waals surface area contributed by atoms with Gasteiger partial charge in [-0.1, -0.05) is 32.0 Å². The van der Waals surface area contributed by atoms with Gasteiger partial charge >= 0.3 is 0 Å². The number of pyridine rings is 1. The third kappa shape index (κ3) is 5.90. The number of aromatic nitrogens is 3. The highest BCUT2D eigenvalue weighted by Gasteiger charge is 2.14. The molecule has 174 valence electrons. The second-order valence-electron chi connectivity index (χ2n) is 8.97. The SMILES string of the molecule is CC(C)CCC(C)NC(=O)c1ccccc1Nc1ccc2c(/C=C/c3ccccn3)n[nH]c2c1. The summed E-state index contributed by atoms with van der Waals surface area (Å²) in [5.74, 6) is 0.556. The monoisotopic (exact) mass is 453 g/mol. The van der Waals surface area contributed by atoms with Gasteiger partial charge in [-0.15, -0.1) is 0 Å². The van der Waals surface area contributed by atoms with E-state index in [0.717, 1.165) is 46.5 Å². The lowest BCUT2D eigenvalue weighted by atomic mass is 10.0. The van der Waals surface area contributed by atoms with Crippen molar-refractivity contribution >= 4 is 40.3 Å². The van der Waals surface area contributed by atoms with E-state index >= 15 is 0 Å². The quantitative estimate of drug-likeness (QED) is 0.273. The second-order valence-corrected chi connectivity index (χ2v) is 8.97. The molecule has 0 aliphatic rings. The Labute approximate surface area is 200 Å². The summed E-state index contributed by atoms with van der Waals surface area (Å²) in [5.41, 5.74) is 4.92. The van der Waals surface area contributed by atoms with Crippen molar-refractivity contribution in [1.29, 1.82) is 0 Å². The number of rotatable bonds is 9. The molecule has 4 aromatic rings. The van der Waals surface area contributed by atoms with E-state index in [-0.39, 0.29) is 11.9 Å². The lowest BCUT2D eigenvalue weighted by molar-refractivity contribution is 0.0938. The highest BCUT2D eigenvalue weighted by Crippen LogP contribution is 2.26. The summed E-state index contributed by atoms with van der Waals surface area (Å²) in [6.07, 6.45) is 7.72. The molecule has 3 N–H and O–H groups in total. The molecule has 1 amide bonds. The first-order chi connectivity index (χ1) is 16.5. The predicted octanol–water partition coefficient (Wildman–Crippen LogP) is 6.43. The number of aromatic amines is 1. The minimum Gasteiger partial charge on any atom is -0.355 e. The lowest BCUT2D eigenvalue weighted by Gasteiger charge is -2.17. The Morgan fingerprint density at radius 3 is 2.62 bits per heavy atom. The second kappa shape index (κ2) is 10.8. The third-order valence-electron chi connectivity index (χ3n) is 5.70. The molecule has 0 fully saturated rings. The van der Waals surface area contributed by atoms with Gasteiger partial charge in [0, 0.05) is 23.3 Å². The molecule has 6 heteroatoms. The predicted molar refractivity (Wildman–Crippen MR) is 140 cm³/mol. The van der Waals surface area contributed by atoms with Crippen LogP contribution in [0.2, 0.25) is 0 Å². The van der Waals surface area contributed by atoms with Gasteiger partial charge in [0.1, 0.15) is 0 Å². The zero-order chi connectivity index (χ0) is 23.9. The van der Waals surface area contributed by atoms with Gasteiger partial charge in [-0.3, -0.25) is 14.9 Å². The molecule has 34 heavy (non-hydrogen) atoms. The highest BCUT2D eigenvalue weighted by molar-refractivity contribution is 6.01. The maximum Gasteiger partial charge on any atom is 0.253 e. The zero-order valence-corrected chi connectivity index (χ0v) is 19.9. The Bertz CT molecular complexity index is 1280. The van der Waals surface area contributed by atoms with Gasteiger partial charge in [-0.25, -0.2) is 0 Å². The molecule has 2 aromatic heterocycles.